The first-order valence-electron chi connectivity index (χ1n) is 13.3. The van der Waals surface area contributed by atoms with Gasteiger partial charge in [-0.3, -0.25) is 14.6 Å². The molecule has 1 aromatic heterocycles. The minimum absolute atomic E-state index is 0.00102. The Morgan fingerprint density at radius 1 is 1.12 bits per heavy atom. The number of nitrogens with zero attached hydrogens (tertiary/aromatic N) is 3. The maximum Gasteiger partial charge on any atom is 0.321 e. The minimum atomic E-state index is -0.519. The van der Waals surface area contributed by atoms with E-state index >= 15 is 0 Å². The summed E-state index contributed by atoms with van der Waals surface area (Å²) in [5.41, 5.74) is 1.94. The molecular formula is C30H34FN5O5. The van der Waals surface area contributed by atoms with Crippen LogP contribution in [0.2, 0.25) is 0 Å². The number of aromatic nitrogens is 1. The normalized spacial score (nSPS) is 17.7. The van der Waals surface area contributed by atoms with Crippen molar-refractivity contribution in [3.05, 3.63) is 83.9 Å². The Balaban J connectivity index is 1.58. The van der Waals surface area contributed by atoms with E-state index < -0.39 is 24.0 Å². The predicted molar refractivity (Wildman–Crippen MR) is 152 cm³/mol. The van der Waals surface area contributed by atoms with Gasteiger partial charge in [-0.15, -0.1) is 0 Å². The summed E-state index contributed by atoms with van der Waals surface area (Å²) in [5.74, 6) is -0.671. The molecule has 2 aromatic carbocycles. The number of urea groups is 1. The molecule has 0 unspecified atom stereocenters. The molecule has 0 aliphatic carbocycles. The predicted octanol–water partition coefficient (Wildman–Crippen LogP) is 3.79. The molecule has 10 nitrogen and oxygen atoms in total. The summed E-state index contributed by atoms with van der Waals surface area (Å²) in [6.45, 7) is 3.97. The molecule has 2 heterocycles. The first-order valence-corrected chi connectivity index (χ1v) is 13.3. The molecule has 4 rings (SSSR count). The third-order valence-corrected chi connectivity index (χ3v) is 7.01. The lowest BCUT2D eigenvalue weighted by atomic mass is 10.0. The molecule has 41 heavy (non-hydrogen) atoms. The summed E-state index contributed by atoms with van der Waals surface area (Å²) in [5, 5.41) is 15.4. The van der Waals surface area contributed by atoms with Gasteiger partial charge < -0.3 is 30.3 Å². The Bertz CT molecular complexity index is 1370. The summed E-state index contributed by atoms with van der Waals surface area (Å²) < 4.78 is 19.7. The summed E-state index contributed by atoms with van der Waals surface area (Å²) in [6, 6.07) is 12.9. The lowest BCUT2D eigenvalue weighted by molar-refractivity contribution is -0.134. The molecule has 1 aliphatic heterocycles. The number of carbonyl (C=O) groups is 3. The van der Waals surface area contributed by atoms with Crippen LogP contribution in [0.4, 0.5) is 20.6 Å². The second-order valence-corrected chi connectivity index (χ2v) is 10.2. The van der Waals surface area contributed by atoms with E-state index in [0.717, 1.165) is 0 Å². The number of carbonyl (C=O) groups excluding carboxylic acids is 3. The van der Waals surface area contributed by atoms with E-state index in [9.17, 15) is 23.9 Å². The summed E-state index contributed by atoms with van der Waals surface area (Å²) in [6.07, 6.45) is 2.54. The molecule has 11 heteroatoms. The molecule has 1 aliphatic rings. The molecule has 0 spiro atoms. The van der Waals surface area contributed by atoms with Gasteiger partial charge in [-0.2, -0.15) is 0 Å². The van der Waals surface area contributed by atoms with Crippen molar-refractivity contribution in [2.75, 3.05) is 37.4 Å². The number of nitrogens with one attached hydrogen (secondary N) is 2. The van der Waals surface area contributed by atoms with Crippen molar-refractivity contribution in [3.8, 4) is 5.75 Å². The number of hydrogen-bond donors (Lipinski definition) is 3. The van der Waals surface area contributed by atoms with Crippen LogP contribution >= 0.6 is 0 Å². The molecule has 3 aromatic rings. The molecule has 0 saturated heterocycles. The molecule has 0 fully saturated rings. The van der Waals surface area contributed by atoms with Gasteiger partial charge in [0.2, 0.25) is 5.91 Å². The quantitative estimate of drug-likeness (QED) is 0.402. The Morgan fingerprint density at radius 2 is 1.80 bits per heavy atom. The van der Waals surface area contributed by atoms with Gasteiger partial charge in [-0.05, 0) is 61.5 Å². The third-order valence-electron chi connectivity index (χ3n) is 7.01. The minimum Gasteiger partial charge on any atom is -0.488 e. The number of pyridine rings is 1. The monoisotopic (exact) mass is 563 g/mol. The molecule has 0 radical (unpaired) electrons. The van der Waals surface area contributed by atoms with Crippen LogP contribution in [-0.4, -0.2) is 76.6 Å². The van der Waals surface area contributed by atoms with Crippen LogP contribution in [0.25, 0.3) is 0 Å². The van der Waals surface area contributed by atoms with Crippen molar-refractivity contribution >= 4 is 29.2 Å². The number of hydrogen-bond acceptors (Lipinski definition) is 6. The fraction of sp³-hybridized carbons (Fsp3) is 0.333. The van der Waals surface area contributed by atoms with Crippen LogP contribution in [-0.2, 0) is 11.2 Å². The highest BCUT2D eigenvalue weighted by atomic mass is 19.1. The number of fused-ring (bicyclic) bond motifs is 1. The summed E-state index contributed by atoms with van der Waals surface area (Å²) in [7, 11) is 1.62. The van der Waals surface area contributed by atoms with Crippen LogP contribution in [0.1, 0.15) is 29.8 Å². The highest BCUT2D eigenvalue weighted by Crippen LogP contribution is 2.29. The van der Waals surface area contributed by atoms with E-state index in [1.165, 1.54) is 41.6 Å². The first kappa shape index (κ1) is 29.5. The second kappa shape index (κ2) is 13.2. The Labute approximate surface area is 238 Å². The summed E-state index contributed by atoms with van der Waals surface area (Å²) >= 11 is 0. The number of halogens is 1. The Hall–Kier alpha value is -4.51. The lowest BCUT2D eigenvalue weighted by Gasteiger charge is -2.34. The molecule has 4 amide bonds. The van der Waals surface area contributed by atoms with Gasteiger partial charge in [0.25, 0.3) is 5.91 Å². The zero-order chi connectivity index (χ0) is 29.5. The smallest absolute Gasteiger partial charge is 0.321 e. The van der Waals surface area contributed by atoms with Gasteiger partial charge in [0.1, 0.15) is 17.7 Å². The largest absolute Gasteiger partial charge is 0.488 e. The van der Waals surface area contributed by atoms with E-state index in [1.54, 1.807) is 49.2 Å². The fourth-order valence-corrected chi connectivity index (χ4v) is 4.54. The van der Waals surface area contributed by atoms with Crippen molar-refractivity contribution in [2.24, 2.45) is 5.92 Å². The fourth-order valence-electron chi connectivity index (χ4n) is 4.54. The van der Waals surface area contributed by atoms with Crippen molar-refractivity contribution in [1.29, 1.82) is 0 Å². The van der Waals surface area contributed by atoms with Crippen molar-refractivity contribution in [2.45, 2.75) is 32.4 Å². The highest BCUT2D eigenvalue weighted by Gasteiger charge is 2.32. The van der Waals surface area contributed by atoms with Gasteiger partial charge in [0, 0.05) is 54.4 Å². The number of aliphatic hydroxyl groups excluding tert-OH is 1. The van der Waals surface area contributed by atoms with Crippen LogP contribution in [0.15, 0.2) is 67.0 Å². The number of likely N-dealkylation sites (N-methyl/N-ethyl adjacent to an activating group) is 1. The summed E-state index contributed by atoms with van der Waals surface area (Å²) in [4.78, 5) is 46.0. The highest BCUT2D eigenvalue weighted by molar-refractivity contribution is 6.04. The topological polar surface area (TPSA) is 124 Å². The first-order chi connectivity index (χ1) is 19.6. The maximum absolute atomic E-state index is 13.4. The molecule has 3 N–H and O–H groups in total. The molecule has 3 atom stereocenters. The van der Waals surface area contributed by atoms with E-state index in [0.29, 0.717) is 34.8 Å². The zero-order valence-corrected chi connectivity index (χ0v) is 23.2. The van der Waals surface area contributed by atoms with E-state index in [2.05, 4.69) is 15.6 Å². The Kier molecular flexibility index (Phi) is 9.51. The zero-order valence-electron chi connectivity index (χ0n) is 23.2. The third kappa shape index (κ3) is 7.57. The van der Waals surface area contributed by atoms with Crippen LogP contribution in [0.3, 0.4) is 0 Å². The number of benzene rings is 2. The number of anilines is 2. The van der Waals surface area contributed by atoms with E-state index in [-0.39, 0.29) is 37.3 Å². The van der Waals surface area contributed by atoms with Gasteiger partial charge in [-0.1, -0.05) is 6.92 Å². The molecular weight excluding hydrogens is 529 g/mol. The van der Waals surface area contributed by atoms with Gasteiger partial charge in [0.05, 0.1) is 25.6 Å². The van der Waals surface area contributed by atoms with E-state index in [1.807, 2.05) is 6.92 Å². The second-order valence-electron chi connectivity index (χ2n) is 10.2. The maximum atomic E-state index is 13.4. The van der Waals surface area contributed by atoms with Crippen molar-refractivity contribution < 1.29 is 28.6 Å². The van der Waals surface area contributed by atoms with Crippen molar-refractivity contribution in [1.82, 2.24) is 14.8 Å². The molecule has 216 valence electrons. The standard InChI is InChI=1S/C30H34FN5O5/c1-19-16-36(20(2)18-37)28(38)15-22-14-25(33-29(39)21-10-12-32-13-11-21)8-9-26(22)41-27(19)17-35(3)30(40)34-24-6-4-23(31)5-7-24/h4-14,19-20,27,37H,15-18H2,1-3H3,(H,33,39)(H,34,40)/t19-,20-,27+/m1/s1. The van der Waals surface area contributed by atoms with Gasteiger partial charge in [-0.25, -0.2) is 9.18 Å². The van der Waals surface area contributed by atoms with Gasteiger partial charge in [0.15, 0.2) is 0 Å². The number of aliphatic hydroxyl groups is 1. The number of ether oxygens (including phenoxy) is 1. The van der Waals surface area contributed by atoms with Gasteiger partial charge >= 0.3 is 6.03 Å². The lowest BCUT2D eigenvalue weighted by Crippen LogP contribution is -2.48. The number of amides is 4. The Morgan fingerprint density at radius 3 is 2.49 bits per heavy atom. The average molecular weight is 564 g/mol. The molecule has 0 bridgehead atoms. The van der Waals surface area contributed by atoms with E-state index in [4.69, 9.17) is 4.74 Å². The molecule has 0 saturated carbocycles. The van der Waals surface area contributed by atoms with Crippen LogP contribution < -0.4 is 15.4 Å². The van der Waals surface area contributed by atoms with Crippen molar-refractivity contribution in [3.63, 3.8) is 0 Å². The van der Waals surface area contributed by atoms with Crippen LogP contribution in [0.5, 0.6) is 5.75 Å². The SMILES string of the molecule is C[C@@H]1CN([C@H](C)CO)C(=O)Cc2cc(NC(=O)c3ccncc3)ccc2O[C@H]1CN(C)C(=O)Nc1ccc(F)cc1. The number of rotatable bonds is 7. The average Bonchev–Trinajstić information content (AvgIpc) is 3.01. The van der Waals surface area contributed by atoms with Crippen LogP contribution in [0, 0.1) is 11.7 Å².